The first-order valence-electron chi connectivity index (χ1n) is 6.58. The number of aromatic nitrogens is 2. The molecule has 3 rings (SSSR count). The van der Waals surface area contributed by atoms with Gasteiger partial charge in [-0.15, -0.1) is 0 Å². The summed E-state index contributed by atoms with van der Waals surface area (Å²) in [4.78, 5) is 27.8. The van der Waals surface area contributed by atoms with Crippen molar-refractivity contribution >= 4 is 15.8 Å². The van der Waals surface area contributed by atoms with Gasteiger partial charge in [-0.05, 0) is 24.1 Å². The molecule has 22 heavy (non-hydrogen) atoms. The average molecular weight is 313 g/mol. The van der Waals surface area contributed by atoms with Gasteiger partial charge >= 0.3 is 10.4 Å². The Hall–Kier alpha value is -2.73. The third-order valence-electron chi connectivity index (χ3n) is 3.18. The summed E-state index contributed by atoms with van der Waals surface area (Å²) in [5.74, 6) is 0. The molecule has 0 fully saturated rings. The Labute approximate surface area is 129 Å². The highest BCUT2D eigenvalue weighted by Crippen LogP contribution is 2.28. The third kappa shape index (κ3) is 2.56. The van der Waals surface area contributed by atoms with E-state index in [1.165, 1.54) is 10.6 Å². The molecular formula is C16H13N2O3S+. The number of aryl methyl sites for hydroxylation is 1. The van der Waals surface area contributed by atoms with Gasteiger partial charge in [-0.1, -0.05) is 30.3 Å². The summed E-state index contributed by atoms with van der Waals surface area (Å²) >= 11 is 0. The van der Waals surface area contributed by atoms with Crippen molar-refractivity contribution < 1.29 is 9.90 Å². The number of pyridine rings is 1. The van der Waals surface area contributed by atoms with Crippen LogP contribution in [0.2, 0.25) is 0 Å². The first kappa shape index (κ1) is 14.2. The lowest BCUT2D eigenvalue weighted by Gasteiger charge is -2.02. The van der Waals surface area contributed by atoms with Gasteiger partial charge in [0.1, 0.15) is 10.5 Å². The third-order valence-corrected chi connectivity index (χ3v) is 4.81. The van der Waals surface area contributed by atoms with Crippen molar-refractivity contribution in [3.8, 4) is 16.3 Å². The number of nitrogens with zero attached hydrogens (tertiary/aromatic N) is 2. The van der Waals surface area contributed by atoms with Crippen LogP contribution in [0.3, 0.4) is 0 Å². The van der Waals surface area contributed by atoms with Crippen molar-refractivity contribution in [3.05, 3.63) is 70.1 Å². The van der Waals surface area contributed by atoms with Gasteiger partial charge in [-0.25, -0.2) is 4.57 Å². The van der Waals surface area contributed by atoms with Gasteiger partial charge in [0, 0.05) is 12.3 Å². The Bertz CT molecular complexity index is 897. The fourth-order valence-corrected chi connectivity index (χ4v) is 3.55. The topological polar surface area (TPSA) is 72.2 Å². The lowest BCUT2D eigenvalue weighted by atomic mass is 10.1. The molecule has 0 saturated heterocycles. The second-order valence-corrected chi connectivity index (χ2v) is 6.37. The quantitative estimate of drug-likeness (QED) is 0.751. The summed E-state index contributed by atoms with van der Waals surface area (Å²) in [6.07, 6.45) is 1.58. The molecule has 110 valence electrons. The Morgan fingerprint density at radius 1 is 1.18 bits per heavy atom. The van der Waals surface area contributed by atoms with Crippen LogP contribution in [0, 0.1) is 6.92 Å². The summed E-state index contributed by atoms with van der Waals surface area (Å²) in [5.41, 5.74) is 2.05. The van der Waals surface area contributed by atoms with Crippen LogP contribution in [-0.2, 0) is 0 Å². The molecule has 2 heterocycles. The molecule has 1 unspecified atom stereocenters. The Kier molecular flexibility index (Phi) is 3.60. The maximum absolute atomic E-state index is 12.3. The van der Waals surface area contributed by atoms with Crippen molar-refractivity contribution in [2.24, 2.45) is 0 Å². The fourth-order valence-electron chi connectivity index (χ4n) is 2.19. The molecule has 2 aromatic heterocycles. The number of thiazole rings is 1. The van der Waals surface area contributed by atoms with Crippen molar-refractivity contribution in [1.82, 2.24) is 9.55 Å². The predicted molar refractivity (Wildman–Crippen MR) is 85.9 cm³/mol. The molecule has 0 amide bonds. The summed E-state index contributed by atoms with van der Waals surface area (Å²) in [6, 6.07) is 12.8. The molecule has 1 atom stereocenters. The highest BCUT2D eigenvalue weighted by Gasteiger charge is 2.28. The number of benzene rings is 1. The monoisotopic (exact) mass is 313 g/mol. The highest BCUT2D eigenvalue weighted by molar-refractivity contribution is 7.51. The van der Waals surface area contributed by atoms with E-state index in [1.807, 2.05) is 30.3 Å². The summed E-state index contributed by atoms with van der Waals surface area (Å²) in [6.45, 7) is 1.72. The number of hydrogen-bond donors (Lipinski definition) is 1. The van der Waals surface area contributed by atoms with E-state index in [4.69, 9.17) is 0 Å². The minimum Gasteiger partial charge on any atom is -0.437 e. The lowest BCUT2D eigenvalue weighted by Crippen LogP contribution is -2.17. The minimum absolute atomic E-state index is 0.259. The fraction of sp³-hybridized carbons (Fsp3) is 0.0625. The van der Waals surface area contributed by atoms with Gasteiger partial charge in [0.15, 0.2) is 5.38 Å². The van der Waals surface area contributed by atoms with E-state index in [1.54, 1.807) is 24.6 Å². The molecule has 0 bridgehead atoms. The minimum atomic E-state index is -1.19. The van der Waals surface area contributed by atoms with Crippen LogP contribution in [0.4, 0.5) is 4.79 Å². The first-order valence-corrected chi connectivity index (χ1v) is 7.87. The van der Waals surface area contributed by atoms with E-state index in [2.05, 4.69) is 4.98 Å². The molecule has 0 spiro atoms. The van der Waals surface area contributed by atoms with Gasteiger partial charge in [-0.3, -0.25) is 4.79 Å². The van der Waals surface area contributed by atoms with Crippen LogP contribution < -0.4 is 5.56 Å². The zero-order chi connectivity index (χ0) is 15.7. The second-order valence-electron chi connectivity index (χ2n) is 4.75. The Morgan fingerprint density at radius 2 is 1.91 bits per heavy atom. The Morgan fingerprint density at radius 3 is 2.55 bits per heavy atom. The normalized spacial score (nSPS) is 11.4. The predicted octanol–water partition coefficient (Wildman–Crippen LogP) is 3.48. The number of hydrogen-bond acceptors (Lipinski definition) is 3. The lowest BCUT2D eigenvalue weighted by molar-refractivity contribution is 0.221. The van der Waals surface area contributed by atoms with Crippen LogP contribution in [0.15, 0.2) is 58.8 Å². The maximum atomic E-state index is 12.3. The van der Waals surface area contributed by atoms with Crippen molar-refractivity contribution in [2.75, 3.05) is 0 Å². The second kappa shape index (κ2) is 5.57. The number of rotatable bonds is 3. The molecule has 1 aromatic carbocycles. The van der Waals surface area contributed by atoms with E-state index in [-0.39, 0.29) is 10.7 Å². The molecule has 0 saturated carbocycles. The zero-order valence-corrected chi connectivity index (χ0v) is 12.6. The molecule has 0 aliphatic carbocycles. The zero-order valence-electron chi connectivity index (χ0n) is 11.8. The largest absolute Gasteiger partial charge is 0.555 e. The van der Waals surface area contributed by atoms with Crippen LogP contribution in [-0.4, -0.2) is 20.0 Å². The van der Waals surface area contributed by atoms with Crippen LogP contribution >= 0.6 is 10.5 Å². The van der Waals surface area contributed by atoms with Crippen molar-refractivity contribution in [2.45, 2.75) is 6.92 Å². The molecule has 6 heteroatoms. The maximum Gasteiger partial charge on any atom is 0.555 e. The highest BCUT2D eigenvalue weighted by atomic mass is 32.2. The SMILES string of the molecule is Cc1c[s+](C(=O)O)c(-n2ccc(-c3ccccc3)cc2=O)n1. The van der Waals surface area contributed by atoms with E-state index >= 15 is 0 Å². The van der Waals surface area contributed by atoms with E-state index in [9.17, 15) is 14.7 Å². The van der Waals surface area contributed by atoms with Gasteiger partial charge < -0.3 is 5.11 Å². The van der Waals surface area contributed by atoms with Crippen LogP contribution in [0.25, 0.3) is 16.3 Å². The van der Waals surface area contributed by atoms with Gasteiger partial charge in [0.2, 0.25) is 0 Å². The molecule has 3 aromatic rings. The molecule has 0 aliphatic rings. The molecule has 0 aliphatic heterocycles. The van der Waals surface area contributed by atoms with Crippen LogP contribution in [0.1, 0.15) is 5.69 Å². The van der Waals surface area contributed by atoms with Crippen LogP contribution in [0.5, 0.6) is 0 Å². The van der Waals surface area contributed by atoms with Gasteiger partial charge in [0.05, 0.1) is 5.69 Å². The molecule has 1 N–H and O–H groups in total. The summed E-state index contributed by atoms with van der Waals surface area (Å²) < 4.78 is 1.30. The number of carbonyl (C=O) groups is 1. The molecule has 5 nitrogen and oxygen atoms in total. The smallest absolute Gasteiger partial charge is 0.437 e. The van der Waals surface area contributed by atoms with Crippen molar-refractivity contribution in [1.29, 1.82) is 0 Å². The Balaban J connectivity index is 2.11. The molecular weight excluding hydrogens is 300 g/mol. The van der Waals surface area contributed by atoms with Crippen molar-refractivity contribution in [3.63, 3.8) is 0 Å². The first-order chi connectivity index (χ1) is 10.6. The van der Waals surface area contributed by atoms with E-state index in [0.717, 1.165) is 11.1 Å². The standard InChI is InChI=1S/C16H12N2O3S/c1-11-10-22(16(20)21)15(17-11)18-8-7-13(9-14(18)19)12-5-3-2-4-6-12/h2-10H,1H3/p+1. The summed E-state index contributed by atoms with van der Waals surface area (Å²) in [7, 11) is -1.19. The van der Waals surface area contributed by atoms with E-state index < -0.39 is 15.8 Å². The van der Waals surface area contributed by atoms with E-state index in [0.29, 0.717) is 5.69 Å². The van der Waals surface area contributed by atoms with Gasteiger partial charge in [-0.2, -0.15) is 9.78 Å². The summed E-state index contributed by atoms with van der Waals surface area (Å²) in [5, 5.41) is 10.1. The average Bonchev–Trinajstić information content (AvgIpc) is 2.90. The van der Waals surface area contributed by atoms with Gasteiger partial charge in [0.25, 0.3) is 5.56 Å². The number of carboxylic acid groups (broad SMARTS) is 1. The molecule has 0 radical (unpaired) electrons.